The first kappa shape index (κ1) is 25.5. The Hall–Kier alpha value is -1.52. The lowest BCUT2D eigenvalue weighted by molar-refractivity contribution is -0.156. The van der Waals surface area contributed by atoms with Gasteiger partial charge >= 0.3 is 5.97 Å². The zero-order valence-corrected chi connectivity index (χ0v) is 18.2. The molecule has 0 unspecified atom stereocenters. The average molecular weight is 433 g/mol. The van der Waals surface area contributed by atoms with Crippen LogP contribution in [0.3, 0.4) is 0 Å². The number of hydrogen-bond acceptors (Lipinski definition) is 8. The Balaban J connectivity index is 1.92. The van der Waals surface area contributed by atoms with Crippen LogP contribution < -0.4 is 0 Å². The van der Waals surface area contributed by atoms with Crippen molar-refractivity contribution in [3.8, 4) is 0 Å². The van der Waals surface area contributed by atoms with E-state index in [9.17, 15) is 13.2 Å². The maximum Gasteiger partial charge on any atom is 0.308 e. The fraction of sp³-hybridized carbons (Fsp3) is 0.650. The summed E-state index contributed by atoms with van der Waals surface area (Å²) in [6.45, 7) is 7.26. The molecule has 0 aromatic heterocycles. The third-order valence-electron chi connectivity index (χ3n) is 3.29. The summed E-state index contributed by atoms with van der Waals surface area (Å²) in [4.78, 5) is 11.5. The molecule has 166 valence electrons. The summed E-state index contributed by atoms with van der Waals surface area (Å²) in [7, 11) is -3.62. The molecule has 0 heterocycles. The van der Waals surface area contributed by atoms with Crippen molar-refractivity contribution in [2.45, 2.75) is 38.5 Å². The third-order valence-corrected chi connectivity index (χ3v) is 4.50. The van der Waals surface area contributed by atoms with Crippen molar-refractivity contribution in [2.75, 3.05) is 46.2 Å². The van der Waals surface area contributed by atoms with Gasteiger partial charge in [-0.3, -0.25) is 8.98 Å². The van der Waals surface area contributed by atoms with E-state index >= 15 is 0 Å². The van der Waals surface area contributed by atoms with E-state index in [0.29, 0.717) is 32.0 Å². The highest BCUT2D eigenvalue weighted by molar-refractivity contribution is 7.85. The van der Waals surface area contributed by atoms with Gasteiger partial charge in [-0.05, 0) is 26.3 Å². The lowest BCUT2D eigenvalue weighted by Crippen LogP contribution is -2.24. The zero-order valence-electron chi connectivity index (χ0n) is 17.4. The van der Waals surface area contributed by atoms with Gasteiger partial charge in [-0.2, -0.15) is 8.42 Å². The zero-order chi connectivity index (χ0) is 21.6. The van der Waals surface area contributed by atoms with Crippen molar-refractivity contribution in [1.82, 2.24) is 0 Å². The molecule has 0 aliphatic carbocycles. The van der Waals surface area contributed by atoms with Crippen LogP contribution >= 0.6 is 0 Å². The second-order valence-corrected chi connectivity index (χ2v) is 8.82. The van der Waals surface area contributed by atoms with E-state index in [1.807, 2.05) is 26.8 Å². The highest BCUT2D eigenvalue weighted by atomic mass is 32.2. The second kappa shape index (κ2) is 13.7. The smallest absolute Gasteiger partial charge is 0.308 e. The summed E-state index contributed by atoms with van der Waals surface area (Å²) < 4.78 is 49.6. The van der Waals surface area contributed by atoms with E-state index in [1.54, 1.807) is 24.3 Å². The maximum atomic E-state index is 11.8. The molecule has 0 saturated carbocycles. The molecule has 0 atom stereocenters. The minimum atomic E-state index is -3.62. The Labute approximate surface area is 173 Å². The standard InChI is InChI=1S/C20H32O8S/c1-20(2,3)28-19(21)9-10-24-11-12-25-13-14-26-15-16-27-29(22,23)17-18-7-5-4-6-8-18/h4-8H,9-17H2,1-3H3. The monoisotopic (exact) mass is 432 g/mol. The van der Waals surface area contributed by atoms with Gasteiger partial charge in [-0.1, -0.05) is 30.3 Å². The van der Waals surface area contributed by atoms with Crippen molar-refractivity contribution in [2.24, 2.45) is 0 Å². The average Bonchev–Trinajstić information content (AvgIpc) is 2.61. The Morgan fingerprint density at radius 2 is 1.34 bits per heavy atom. The molecular formula is C20H32O8S. The summed E-state index contributed by atoms with van der Waals surface area (Å²) in [5.41, 5.74) is 0.187. The van der Waals surface area contributed by atoms with Crippen molar-refractivity contribution < 1.29 is 36.3 Å². The van der Waals surface area contributed by atoms with E-state index in [1.165, 1.54) is 0 Å². The minimum absolute atomic E-state index is 0.0387. The van der Waals surface area contributed by atoms with Crippen LogP contribution in [-0.4, -0.2) is 66.2 Å². The molecule has 0 amide bonds. The lowest BCUT2D eigenvalue weighted by Gasteiger charge is -2.19. The van der Waals surface area contributed by atoms with Crippen molar-refractivity contribution in [3.05, 3.63) is 35.9 Å². The highest BCUT2D eigenvalue weighted by Crippen LogP contribution is 2.08. The van der Waals surface area contributed by atoms with Crippen LogP contribution in [0, 0.1) is 0 Å². The van der Waals surface area contributed by atoms with Crippen LogP contribution in [0.5, 0.6) is 0 Å². The van der Waals surface area contributed by atoms with Crippen molar-refractivity contribution in [3.63, 3.8) is 0 Å². The van der Waals surface area contributed by atoms with E-state index in [4.69, 9.17) is 23.1 Å². The summed E-state index contributed by atoms with van der Waals surface area (Å²) in [6.07, 6.45) is 0.202. The van der Waals surface area contributed by atoms with E-state index in [-0.39, 0.29) is 38.0 Å². The van der Waals surface area contributed by atoms with Gasteiger partial charge in [0.1, 0.15) is 11.4 Å². The largest absolute Gasteiger partial charge is 0.460 e. The first-order chi connectivity index (χ1) is 13.7. The Bertz CT molecular complexity index is 667. The molecule has 1 aromatic carbocycles. The predicted octanol–water partition coefficient (Wildman–Crippen LogP) is 2.31. The fourth-order valence-corrected chi connectivity index (χ4v) is 3.14. The Morgan fingerprint density at radius 1 is 0.828 bits per heavy atom. The molecule has 29 heavy (non-hydrogen) atoms. The molecule has 0 radical (unpaired) electrons. The Kier molecular flexibility index (Phi) is 12.0. The topological polar surface area (TPSA) is 97.4 Å². The molecule has 0 bridgehead atoms. The van der Waals surface area contributed by atoms with Gasteiger partial charge in [-0.15, -0.1) is 0 Å². The SMILES string of the molecule is CC(C)(C)OC(=O)CCOCCOCCOCCOS(=O)(=O)Cc1ccccc1. The normalized spacial score (nSPS) is 12.1. The van der Waals surface area contributed by atoms with Crippen LogP contribution in [0.2, 0.25) is 0 Å². The predicted molar refractivity (Wildman–Crippen MR) is 108 cm³/mol. The summed E-state index contributed by atoms with van der Waals surface area (Å²) >= 11 is 0. The van der Waals surface area contributed by atoms with E-state index in [0.717, 1.165) is 0 Å². The van der Waals surface area contributed by atoms with Gasteiger partial charge in [-0.25, -0.2) is 0 Å². The van der Waals surface area contributed by atoms with Crippen molar-refractivity contribution >= 4 is 16.1 Å². The molecule has 0 aliphatic heterocycles. The van der Waals surface area contributed by atoms with Crippen LogP contribution in [0.15, 0.2) is 30.3 Å². The van der Waals surface area contributed by atoms with Gasteiger partial charge < -0.3 is 18.9 Å². The Morgan fingerprint density at radius 3 is 1.90 bits per heavy atom. The lowest BCUT2D eigenvalue weighted by atomic mass is 10.2. The molecule has 0 spiro atoms. The molecule has 0 fully saturated rings. The molecule has 9 heteroatoms. The number of carbonyl (C=O) groups excluding carboxylic acids is 1. The molecule has 8 nitrogen and oxygen atoms in total. The van der Waals surface area contributed by atoms with Crippen LogP contribution in [0.1, 0.15) is 32.8 Å². The van der Waals surface area contributed by atoms with Crippen LogP contribution in [0.4, 0.5) is 0 Å². The molecule has 0 aliphatic rings. The molecular weight excluding hydrogens is 400 g/mol. The van der Waals surface area contributed by atoms with Gasteiger partial charge in [0.15, 0.2) is 0 Å². The number of benzene rings is 1. The third kappa shape index (κ3) is 15.0. The van der Waals surface area contributed by atoms with Crippen LogP contribution in [-0.2, 0) is 43.8 Å². The maximum absolute atomic E-state index is 11.8. The number of rotatable bonds is 15. The minimum Gasteiger partial charge on any atom is -0.460 e. The van der Waals surface area contributed by atoms with Gasteiger partial charge in [0.25, 0.3) is 10.1 Å². The van der Waals surface area contributed by atoms with Gasteiger partial charge in [0.05, 0.1) is 52.7 Å². The number of esters is 1. The number of hydrogen-bond donors (Lipinski definition) is 0. The van der Waals surface area contributed by atoms with Crippen LogP contribution in [0.25, 0.3) is 0 Å². The van der Waals surface area contributed by atoms with Crippen molar-refractivity contribution in [1.29, 1.82) is 0 Å². The molecule has 1 rings (SSSR count). The first-order valence-corrected chi connectivity index (χ1v) is 11.1. The number of carbonyl (C=O) groups is 1. The molecule has 1 aromatic rings. The quantitative estimate of drug-likeness (QED) is 0.237. The second-order valence-electron chi connectivity index (χ2n) is 7.18. The van der Waals surface area contributed by atoms with Gasteiger partial charge in [0.2, 0.25) is 0 Å². The molecule has 0 saturated heterocycles. The highest BCUT2D eigenvalue weighted by Gasteiger charge is 2.15. The van der Waals surface area contributed by atoms with Gasteiger partial charge in [0, 0.05) is 0 Å². The first-order valence-electron chi connectivity index (χ1n) is 9.54. The summed E-state index contributed by atoms with van der Waals surface area (Å²) in [5, 5.41) is 0. The van der Waals surface area contributed by atoms with E-state index < -0.39 is 15.7 Å². The molecule has 0 N–H and O–H groups in total. The summed E-state index contributed by atoms with van der Waals surface area (Å²) in [6, 6.07) is 8.84. The number of ether oxygens (including phenoxy) is 4. The summed E-state index contributed by atoms with van der Waals surface area (Å²) in [5.74, 6) is -0.454. The fourth-order valence-electron chi connectivity index (χ4n) is 2.13. The van der Waals surface area contributed by atoms with E-state index in [2.05, 4.69) is 0 Å².